The number of hydrogen-bond acceptors (Lipinski definition) is 3. The minimum atomic E-state index is -3.52. The molecule has 0 amide bonds. The average Bonchev–Trinajstić information content (AvgIpc) is 2.26. The van der Waals surface area contributed by atoms with E-state index in [4.69, 9.17) is 5.11 Å². The lowest BCUT2D eigenvalue weighted by Crippen LogP contribution is -2.37. The molecule has 0 spiro atoms. The summed E-state index contributed by atoms with van der Waals surface area (Å²) in [5.41, 5.74) is 0.697. The van der Waals surface area contributed by atoms with Crippen LogP contribution in [0.25, 0.3) is 0 Å². The Bertz CT molecular complexity index is 438. The van der Waals surface area contributed by atoms with E-state index in [1.807, 2.05) is 6.92 Å². The Morgan fingerprint density at radius 1 is 1.38 bits per heavy atom. The summed E-state index contributed by atoms with van der Waals surface area (Å²) in [6, 6.07) is 6.35. The van der Waals surface area contributed by atoms with E-state index < -0.39 is 16.1 Å². The molecule has 0 bridgehead atoms. The number of benzene rings is 1. The summed E-state index contributed by atoms with van der Waals surface area (Å²) in [6.45, 7) is 3.37. The van der Waals surface area contributed by atoms with Crippen LogP contribution >= 0.6 is 0 Å². The van der Waals surface area contributed by atoms with Gasteiger partial charge in [0.15, 0.2) is 0 Å². The van der Waals surface area contributed by atoms with Gasteiger partial charge in [0.05, 0.1) is 11.5 Å². The molecule has 0 saturated heterocycles. The Morgan fingerprint density at radius 2 is 2.00 bits per heavy atom. The summed E-state index contributed by atoms with van der Waals surface area (Å²) >= 11 is 0. The third kappa shape index (κ3) is 3.04. The van der Waals surface area contributed by atoms with Gasteiger partial charge in [0, 0.05) is 6.04 Å². The molecule has 5 heteroatoms. The second kappa shape index (κ2) is 5.43. The molecule has 1 aromatic rings. The monoisotopic (exact) mass is 243 g/mol. The van der Waals surface area contributed by atoms with E-state index in [0.717, 1.165) is 0 Å². The summed E-state index contributed by atoms with van der Waals surface area (Å²) in [7, 11) is -3.52. The number of hydrogen-bond donors (Lipinski definition) is 2. The van der Waals surface area contributed by atoms with E-state index in [1.54, 1.807) is 31.2 Å². The van der Waals surface area contributed by atoms with Gasteiger partial charge in [0.25, 0.3) is 0 Å². The van der Waals surface area contributed by atoms with Crippen molar-refractivity contribution in [1.82, 2.24) is 4.72 Å². The Morgan fingerprint density at radius 3 is 2.50 bits per heavy atom. The Kier molecular flexibility index (Phi) is 4.46. The molecule has 2 N–H and O–H groups in total. The maximum absolute atomic E-state index is 12.0. The highest BCUT2D eigenvalue weighted by Gasteiger charge is 2.19. The van der Waals surface area contributed by atoms with Crippen molar-refractivity contribution in [2.45, 2.75) is 31.2 Å². The second-order valence-electron chi connectivity index (χ2n) is 3.67. The highest BCUT2D eigenvalue weighted by atomic mass is 32.2. The number of nitrogens with one attached hydrogen (secondary N) is 1. The van der Waals surface area contributed by atoms with Gasteiger partial charge in [-0.15, -0.1) is 0 Å². The van der Waals surface area contributed by atoms with Crippen molar-refractivity contribution in [3.05, 3.63) is 29.8 Å². The predicted molar refractivity (Wildman–Crippen MR) is 62.7 cm³/mol. The average molecular weight is 243 g/mol. The first kappa shape index (κ1) is 13.2. The first-order valence-electron chi connectivity index (χ1n) is 5.20. The molecule has 0 aliphatic rings. The molecule has 0 aliphatic heterocycles. The van der Waals surface area contributed by atoms with Crippen LogP contribution in [0.5, 0.6) is 0 Å². The molecule has 0 saturated carbocycles. The number of aliphatic hydroxyl groups is 1. The molecule has 4 nitrogen and oxygen atoms in total. The van der Waals surface area contributed by atoms with E-state index in [1.165, 1.54) is 0 Å². The summed E-state index contributed by atoms with van der Waals surface area (Å²) in [4.78, 5) is 0.266. The third-order valence-corrected chi connectivity index (χ3v) is 4.10. The van der Waals surface area contributed by atoms with Gasteiger partial charge in [-0.25, -0.2) is 13.1 Å². The summed E-state index contributed by atoms with van der Waals surface area (Å²) in [5.74, 6) is 0. The lowest BCUT2D eigenvalue weighted by atomic mass is 10.2. The van der Waals surface area contributed by atoms with Crippen molar-refractivity contribution in [3.8, 4) is 0 Å². The standard InChI is InChI=1S/C11H17NO3S/c1-3-10(8-13)12-16(14,15)11-7-5-4-6-9(11)2/h4-7,10,12-13H,3,8H2,1-2H3/t10-/m1/s1. The molecule has 0 unspecified atom stereocenters. The SMILES string of the molecule is CC[C@H](CO)NS(=O)(=O)c1ccccc1C. The first-order valence-corrected chi connectivity index (χ1v) is 6.68. The molecule has 0 fully saturated rings. The molecule has 0 heterocycles. The second-order valence-corrected chi connectivity index (χ2v) is 5.36. The molecule has 0 aromatic heterocycles. The van der Waals surface area contributed by atoms with Crippen LogP contribution < -0.4 is 4.72 Å². The van der Waals surface area contributed by atoms with Crippen molar-refractivity contribution in [3.63, 3.8) is 0 Å². The maximum atomic E-state index is 12.0. The molecule has 1 rings (SSSR count). The van der Waals surface area contributed by atoms with Crippen LogP contribution in [-0.2, 0) is 10.0 Å². The molecular weight excluding hydrogens is 226 g/mol. The van der Waals surface area contributed by atoms with Crippen LogP contribution in [0.4, 0.5) is 0 Å². The van der Waals surface area contributed by atoms with Gasteiger partial charge in [-0.3, -0.25) is 0 Å². The number of sulfonamides is 1. The van der Waals surface area contributed by atoms with Crippen molar-refractivity contribution in [2.24, 2.45) is 0 Å². The highest BCUT2D eigenvalue weighted by molar-refractivity contribution is 7.89. The fourth-order valence-corrected chi connectivity index (χ4v) is 2.95. The lowest BCUT2D eigenvalue weighted by Gasteiger charge is -2.15. The lowest BCUT2D eigenvalue weighted by molar-refractivity contribution is 0.254. The fourth-order valence-electron chi connectivity index (χ4n) is 1.39. The van der Waals surface area contributed by atoms with Gasteiger partial charge in [-0.2, -0.15) is 0 Å². The van der Waals surface area contributed by atoms with Gasteiger partial charge in [-0.05, 0) is 25.0 Å². The Hall–Kier alpha value is -0.910. The smallest absolute Gasteiger partial charge is 0.241 e. The normalized spacial score (nSPS) is 13.7. The number of rotatable bonds is 5. The van der Waals surface area contributed by atoms with E-state index in [0.29, 0.717) is 12.0 Å². The van der Waals surface area contributed by atoms with Crippen LogP contribution in [0.2, 0.25) is 0 Å². The van der Waals surface area contributed by atoms with E-state index >= 15 is 0 Å². The largest absolute Gasteiger partial charge is 0.395 e. The zero-order chi connectivity index (χ0) is 12.2. The van der Waals surface area contributed by atoms with Gasteiger partial charge >= 0.3 is 0 Å². The van der Waals surface area contributed by atoms with Crippen LogP contribution in [0.15, 0.2) is 29.2 Å². The zero-order valence-electron chi connectivity index (χ0n) is 9.47. The van der Waals surface area contributed by atoms with Crippen LogP contribution in [0, 0.1) is 6.92 Å². The number of aliphatic hydroxyl groups excluding tert-OH is 1. The third-order valence-electron chi connectivity index (χ3n) is 2.42. The van der Waals surface area contributed by atoms with Crippen molar-refractivity contribution in [1.29, 1.82) is 0 Å². The zero-order valence-corrected chi connectivity index (χ0v) is 10.3. The number of aryl methyl sites for hydroxylation is 1. The Labute approximate surface area is 96.4 Å². The molecule has 16 heavy (non-hydrogen) atoms. The molecule has 1 atom stereocenters. The highest BCUT2D eigenvalue weighted by Crippen LogP contribution is 2.14. The van der Waals surface area contributed by atoms with Crippen molar-refractivity contribution < 1.29 is 13.5 Å². The minimum Gasteiger partial charge on any atom is -0.395 e. The molecule has 0 radical (unpaired) electrons. The van der Waals surface area contributed by atoms with Gasteiger partial charge in [-0.1, -0.05) is 25.1 Å². The quantitative estimate of drug-likeness (QED) is 0.812. The molecular formula is C11H17NO3S. The van der Waals surface area contributed by atoms with Crippen molar-refractivity contribution in [2.75, 3.05) is 6.61 Å². The van der Waals surface area contributed by atoms with E-state index in [-0.39, 0.29) is 11.5 Å². The maximum Gasteiger partial charge on any atom is 0.241 e. The van der Waals surface area contributed by atoms with Gasteiger partial charge in [0.2, 0.25) is 10.0 Å². The molecule has 90 valence electrons. The van der Waals surface area contributed by atoms with Crippen LogP contribution in [0.3, 0.4) is 0 Å². The molecule has 0 aliphatic carbocycles. The van der Waals surface area contributed by atoms with Crippen LogP contribution in [0.1, 0.15) is 18.9 Å². The summed E-state index contributed by atoms with van der Waals surface area (Å²) in [5, 5.41) is 8.98. The topological polar surface area (TPSA) is 66.4 Å². The molecule has 1 aromatic carbocycles. The van der Waals surface area contributed by atoms with E-state index in [2.05, 4.69) is 4.72 Å². The minimum absolute atomic E-state index is 0.193. The predicted octanol–water partition coefficient (Wildman–Crippen LogP) is 1.04. The summed E-state index contributed by atoms with van der Waals surface area (Å²) in [6.07, 6.45) is 0.557. The van der Waals surface area contributed by atoms with Crippen LogP contribution in [-0.4, -0.2) is 26.2 Å². The first-order chi connectivity index (χ1) is 7.51. The fraction of sp³-hybridized carbons (Fsp3) is 0.455. The van der Waals surface area contributed by atoms with Gasteiger partial charge < -0.3 is 5.11 Å². The summed E-state index contributed by atoms with van der Waals surface area (Å²) < 4.78 is 26.4. The van der Waals surface area contributed by atoms with Crippen molar-refractivity contribution >= 4 is 10.0 Å². The van der Waals surface area contributed by atoms with E-state index in [9.17, 15) is 8.42 Å². The Balaban J connectivity index is 2.99. The van der Waals surface area contributed by atoms with Gasteiger partial charge in [0.1, 0.15) is 0 Å².